The number of allylic oxidation sites excluding steroid dienone is 3. The smallest absolute Gasteiger partial charge is 0.147 e. The highest BCUT2D eigenvalue weighted by Crippen LogP contribution is 2.47. The van der Waals surface area contributed by atoms with Crippen LogP contribution in [0.15, 0.2) is 190 Å². The summed E-state index contributed by atoms with van der Waals surface area (Å²) in [5, 5.41) is 4.27. The van der Waals surface area contributed by atoms with Crippen LogP contribution in [0.1, 0.15) is 30.0 Å². The molecule has 1 unspecified atom stereocenters. The third-order valence-electron chi connectivity index (χ3n) is 10.6. The minimum absolute atomic E-state index is 0.0618. The summed E-state index contributed by atoms with van der Waals surface area (Å²) in [4.78, 5) is 5.52. The van der Waals surface area contributed by atoms with Crippen LogP contribution in [0.5, 0.6) is 0 Å². The molecule has 53 heavy (non-hydrogen) atoms. The van der Waals surface area contributed by atoms with Crippen LogP contribution in [-0.2, 0) is 0 Å². The van der Waals surface area contributed by atoms with Crippen molar-refractivity contribution in [3.8, 4) is 22.3 Å². The van der Waals surface area contributed by atoms with E-state index in [0.717, 1.165) is 95.1 Å². The SMILES string of the molecule is CCC1C=C(c2ccccc2)C=C(c2ccccc2)N=C1c1cccc2c1oc1c(-c3ccccc3)c3oc4c(-c5ccccc5)cccc4c3cc12. The molecule has 0 spiro atoms. The minimum atomic E-state index is 0.0618. The number of furan rings is 2. The van der Waals surface area contributed by atoms with Crippen molar-refractivity contribution in [2.24, 2.45) is 10.9 Å². The molecule has 2 aromatic heterocycles. The van der Waals surface area contributed by atoms with Crippen LogP contribution in [-0.4, -0.2) is 5.71 Å². The zero-order valence-electron chi connectivity index (χ0n) is 29.3. The Labute approximate surface area is 307 Å². The van der Waals surface area contributed by atoms with E-state index in [-0.39, 0.29) is 5.92 Å². The Morgan fingerprint density at radius 2 is 0.981 bits per heavy atom. The fraction of sp³-hybridized carbons (Fsp3) is 0.0600. The predicted octanol–water partition coefficient (Wildman–Crippen LogP) is 13.8. The quantitative estimate of drug-likeness (QED) is 0.175. The molecular formula is C50H35NO2. The molecule has 1 aliphatic heterocycles. The Morgan fingerprint density at radius 1 is 0.472 bits per heavy atom. The Bertz CT molecular complexity index is 2890. The summed E-state index contributed by atoms with van der Waals surface area (Å²) in [5.74, 6) is 0.0618. The van der Waals surface area contributed by atoms with E-state index in [2.05, 4.69) is 171 Å². The van der Waals surface area contributed by atoms with Gasteiger partial charge >= 0.3 is 0 Å². The summed E-state index contributed by atoms with van der Waals surface area (Å²) in [5.41, 5.74) is 13.9. The van der Waals surface area contributed by atoms with Crippen molar-refractivity contribution in [2.75, 3.05) is 0 Å². The Hall–Kier alpha value is -6.71. The van der Waals surface area contributed by atoms with Crippen molar-refractivity contribution in [3.05, 3.63) is 193 Å². The van der Waals surface area contributed by atoms with Gasteiger partial charge < -0.3 is 8.83 Å². The van der Waals surface area contributed by atoms with Crippen molar-refractivity contribution >= 4 is 60.9 Å². The summed E-state index contributed by atoms with van der Waals surface area (Å²) >= 11 is 0. The fourth-order valence-electron chi connectivity index (χ4n) is 7.97. The van der Waals surface area contributed by atoms with Gasteiger partial charge in [0.05, 0.1) is 17.0 Å². The maximum atomic E-state index is 7.15. The van der Waals surface area contributed by atoms with Gasteiger partial charge in [0.1, 0.15) is 22.3 Å². The first-order valence-electron chi connectivity index (χ1n) is 18.3. The van der Waals surface area contributed by atoms with Crippen LogP contribution in [0, 0.1) is 5.92 Å². The first-order chi connectivity index (χ1) is 26.2. The normalized spacial score (nSPS) is 14.7. The van der Waals surface area contributed by atoms with Crippen LogP contribution < -0.4 is 0 Å². The summed E-state index contributed by atoms with van der Waals surface area (Å²) in [6.07, 6.45) is 5.50. The van der Waals surface area contributed by atoms with Gasteiger partial charge in [-0.15, -0.1) is 0 Å². The average molecular weight is 682 g/mol. The Kier molecular flexibility index (Phi) is 7.51. The lowest BCUT2D eigenvalue weighted by Gasteiger charge is -2.15. The first-order valence-corrected chi connectivity index (χ1v) is 18.3. The maximum Gasteiger partial charge on any atom is 0.147 e. The topological polar surface area (TPSA) is 38.6 Å². The van der Waals surface area contributed by atoms with Crippen LogP contribution in [0.4, 0.5) is 0 Å². The van der Waals surface area contributed by atoms with Crippen molar-refractivity contribution in [1.29, 1.82) is 0 Å². The Balaban J connectivity index is 1.25. The van der Waals surface area contributed by atoms with Crippen LogP contribution in [0.3, 0.4) is 0 Å². The molecule has 9 aromatic rings. The molecular weight excluding hydrogens is 647 g/mol. The average Bonchev–Trinajstić information content (AvgIpc) is 3.72. The van der Waals surface area contributed by atoms with Crippen molar-refractivity contribution < 1.29 is 8.83 Å². The molecule has 0 amide bonds. The molecule has 3 heterocycles. The van der Waals surface area contributed by atoms with Crippen molar-refractivity contribution in [3.63, 3.8) is 0 Å². The number of fused-ring (bicyclic) bond motifs is 6. The lowest BCUT2D eigenvalue weighted by Crippen LogP contribution is -2.13. The number of para-hydroxylation sites is 2. The number of hydrogen-bond acceptors (Lipinski definition) is 3. The summed E-state index contributed by atoms with van der Waals surface area (Å²) in [6.45, 7) is 2.24. The van der Waals surface area contributed by atoms with E-state index in [4.69, 9.17) is 13.8 Å². The second-order valence-corrected chi connectivity index (χ2v) is 13.7. The van der Waals surface area contributed by atoms with Crippen molar-refractivity contribution in [1.82, 2.24) is 0 Å². The molecule has 0 radical (unpaired) electrons. The fourth-order valence-corrected chi connectivity index (χ4v) is 7.97. The molecule has 0 bridgehead atoms. The summed E-state index contributed by atoms with van der Waals surface area (Å²) in [7, 11) is 0. The predicted molar refractivity (Wildman–Crippen MR) is 221 cm³/mol. The van der Waals surface area contributed by atoms with Crippen molar-refractivity contribution in [2.45, 2.75) is 13.3 Å². The van der Waals surface area contributed by atoms with Gasteiger partial charge in [-0.1, -0.05) is 165 Å². The van der Waals surface area contributed by atoms with Gasteiger partial charge in [0, 0.05) is 44.2 Å². The van der Waals surface area contributed by atoms with Gasteiger partial charge in [-0.2, -0.15) is 0 Å². The van der Waals surface area contributed by atoms with Crippen LogP contribution >= 0.6 is 0 Å². The third-order valence-corrected chi connectivity index (χ3v) is 10.6. The number of aliphatic imine (C=N–C) groups is 1. The summed E-state index contributed by atoms with van der Waals surface area (Å²) in [6, 6.07) is 57.2. The molecule has 0 saturated carbocycles. The number of nitrogens with zero attached hydrogens (tertiary/aromatic N) is 1. The van der Waals surface area contributed by atoms with Crippen LogP contribution in [0.2, 0.25) is 0 Å². The zero-order valence-corrected chi connectivity index (χ0v) is 29.3. The minimum Gasteiger partial charge on any atom is -0.455 e. The zero-order chi connectivity index (χ0) is 35.3. The molecule has 0 aliphatic carbocycles. The van der Waals surface area contributed by atoms with E-state index in [1.54, 1.807) is 0 Å². The highest BCUT2D eigenvalue weighted by atomic mass is 16.3. The van der Waals surface area contributed by atoms with E-state index in [9.17, 15) is 0 Å². The highest BCUT2D eigenvalue weighted by Gasteiger charge is 2.26. The highest BCUT2D eigenvalue weighted by molar-refractivity contribution is 6.25. The molecule has 0 fully saturated rings. The van der Waals surface area contributed by atoms with Gasteiger partial charge in [-0.3, -0.25) is 4.99 Å². The standard InChI is InChI=1S/C50H35NO2/c1-2-32-29-37(33-17-7-3-8-18-33)30-44(35-21-11-5-12-22-35)51-46(32)41-28-16-27-40-43-31-42-39-26-15-25-38(34-19-9-4-10-20-34)47(39)52-49(42)45(50(43)53-48(40)41)36-23-13-6-14-24-36/h3-32H,2H2,1H3. The van der Waals surface area contributed by atoms with E-state index < -0.39 is 0 Å². The molecule has 3 nitrogen and oxygen atoms in total. The molecule has 3 heteroatoms. The van der Waals surface area contributed by atoms with Gasteiger partial charge in [-0.25, -0.2) is 0 Å². The van der Waals surface area contributed by atoms with E-state index in [0.29, 0.717) is 0 Å². The molecule has 1 aliphatic rings. The lowest BCUT2D eigenvalue weighted by molar-refractivity contribution is 0.657. The second-order valence-electron chi connectivity index (χ2n) is 13.7. The van der Waals surface area contributed by atoms with E-state index >= 15 is 0 Å². The Morgan fingerprint density at radius 3 is 1.57 bits per heavy atom. The molecule has 7 aromatic carbocycles. The van der Waals surface area contributed by atoms with Gasteiger partial charge in [0.2, 0.25) is 0 Å². The number of rotatable bonds is 6. The first kappa shape index (κ1) is 31.1. The third kappa shape index (κ3) is 5.24. The van der Waals surface area contributed by atoms with E-state index in [1.165, 1.54) is 11.1 Å². The van der Waals surface area contributed by atoms with Gasteiger partial charge in [0.15, 0.2) is 0 Å². The van der Waals surface area contributed by atoms with Gasteiger partial charge in [-0.05, 0) is 46.9 Å². The second kappa shape index (κ2) is 12.8. The number of benzene rings is 7. The van der Waals surface area contributed by atoms with Crippen LogP contribution in [0.25, 0.3) is 77.4 Å². The molecule has 10 rings (SSSR count). The monoisotopic (exact) mass is 681 g/mol. The molecule has 1 atom stereocenters. The molecule has 0 N–H and O–H groups in total. The van der Waals surface area contributed by atoms with E-state index in [1.807, 2.05) is 12.1 Å². The molecule has 0 saturated heterocycles. The maximum absolute atomic E-state index is 7.15. The van der Waals surface area contributed by atoms with Gasteiger partial charge in [0.25, 0.3) is 0 Å². The largest absolute Gasteiger partial charge is 0.455 e. The lowest BCUT2D eigenvalue weighted by atomic mass is 9.90. The molecule has 252 valence electrons. The summed E-state index contributed by atoms with van der Waals surface area (Å²) < 4.78 is 14.1. The number of hydrogen-bond donors (Lipinski definition) is 0.